The van der Waals surface area contributed by atoms with Crippen LogP contribution in [0.25, 0.3) is 0 Å². The molecule has 0 amide bonds. The molecule has 0 saturated carbocycles. The van der Waals surface area contributed by atoms with Crippen LogP contribution in [-0.4, -0.2) is 10.8 Å². The summed E-state index contributed by atoms with van der Waals surface area (Å²) in [5.41, 5.74) is 1.22. The van der Waals surface area contributed by atoms with Gasteiger partial charge in [-0.25, -0.2) is 0 Å². The number of hydrogen-bond acceptors (Lipinski definition) is 2. The zero-order chi connectivity index (χ0) is 8.69. The third kappa shape index (κ3) is 6.32. The minimum atomic E-state index is 0.935. The standard InChI is InChI=1S/C8H14ClNS/c1-4-10(11-9)7-5-6-8(2)3/h4H,1-2,5-7H2,3H3. The van der Waals surface area contributed by atoms with Crippen molar-refractivity contribution in [2.24, 2.45) is 0 Å². The first-order valence-electron chi connectivity index (χ1n) is 3.53. The molecule has 64 valence electrons. The summed E-state index contributed by atoms with van der Waals surface area (Å²) >= 11 is 1.18. The summed E-state index contributed by atoms with van der Waals surface area (Å²) < 4.78 is 1.89. The van der Waals surface area contributed by atoms with Gasteiger partial charge in [-0.15, -0.1) is 6.58 Å². The first kappa shape index (κ1) is 10.9. The van der Waals surface area contributed by atoms with Gasteiger partial charge < -0.3 is 4.31 Å². The predicted molar refractivity (Wildman–Crippen MR) is 54.4 cm³/mol. The van der Waals surface area contributed by atoms with Gasteiger partial charge in [-0.2, -0.15) is 0 Å². The van der Waals surface area contributed by atoms with Crippen molar-refractivity contribution in [2.75, 3.05) is 6.54 Å². The van der Waals surface area contributed by atoms with E-state index in [-0.39, 0.29) is 0 Å². The van der Waals surface area contributed by atoms with Crippen molar-refractivity contribution in [1.82, 2.24) is 4.31 Å². The van der Waals surface area contributed by atoms with Gasteiger partial charge in [0.05, 0.1) is 11.2 Å². The molecule has 1 nitrogen and oxygen atoms in total. The average Bonchev–Trinajstić information content (AvgIpc) is 1.98. The zero-order valence-electron chi connectivity index (χ0n) is 6.85. The molecule has 0 heterocycles. The van der Waals surface area contributed by atoms with Crippen molar-refractivity contribution in [3.8, 4) is 0 Å². The zero-order valence-corrected chi connectivity index (χ0v) is 8.42. The molecule has 0 bridgehead atoms. The minimum Gasteiger partial charge on any atom is -0.311 e. The van der Waals surface area contributed by atoms with Crippen LogP contribution >= 0.6 is 21.8 Å². The summed E-state index contributed by atoms with van der Waals surface area (Å²) in [6.45, 7) is 10.4. The summed E-state index contributed by atoms with van der Waals surface area (Å²) in [5, 5.41) is 0. The van der Waals surface area contributed by atoms with E-state index in [1.54, 1.807) is 6.20 Å². The Labute approximate surface area is 77.7 Å². The van der Waals surface area contributed by atoms with Crippen LogP contribution in [0.2, 0.25) is 0 Å². The molecule has 0 saturated heterocycles. The van der Waals surface area contributed by atoms with Gasteiger partial charge in [0.25, 0.3) is 0 Å². The molecule has 0 aliphatic rings. The van der Waals surface area contributed by atoms with E-state index in [1.807, 2.05) is 11.2 Å². The highest BCUT2D eigenvalue weighted by atomic mass is 35.7. The normalized spacial score (nSPS) is 9.27. The van der Waals surface area contributed by atoms with E-state index < -0.39 is 0 Å². The predicted octanol–water partition coefficient (Wildman–Crippen LogP) is 3.59. The molecule has 3 heteroatoms. The molecule has 11 heavy (non-hydrogen) atoms. The van der Waals surface area contributed by atoms with E-state index in [1.165, 1.54) is 16.7 Å². The molecule has 0 fully saturated rings. The first-order valence-corrected chi connectivity index (χ1v) is 5.13. The molecule has 0 aromatic carbocycles. The maximum Gasteiger partial charge on any atom is 0.0605 e. The molecule has 0 unspecified atom stereocenters. The summed E-state index contributed by atoms with van der Waals surface area (Å²) in [4.78, 5) is 0. The smallest absolute Gasteiger partial charge is 0.0605 e. The van der Waals surface area contributed by atoms with Gasteiger partial charge in [0.1, 0.15) is 0 Å². The van der Waals surface area contributed by atoms with Crippen LogP contribution in [0.5, 0.6) is 0 Å². The first-order chi connectivity index (χ1) is 5.20. The molecule has 0 aromatic heterocycles. The quantitative estimate of drug-likeness (QED) is 0.466. The molecule has 0 atom stereocenters. The fourth-order valence-electron chi connectivity index (χ4n) is 0.691. The lowest BCUT2D eigenvalue weighted by Crippen LogP contribution is -2.06. The molecule has 0 aromatic rings. The number of halogens is 1. The van der Waals surface area contributed by atoms with E-state index in [4.69, 9.17) is 10.7 Å². The fraction of sp³-hybridized carbons (Fsp3) is 0.500. The number of nitrogens with zero attached hydrogens (tertiary/aromatic N) is 1. The van der Waals surface area contributed by atoms with Gasteiger partial charge >= 0.3 is 0 Å². The summed E-state index contributed by atoms with van der Waals surface area (Å²) in [7, 11) is 5.53. The highest BCUT2D eigenvalue weighted by molar-refractivity contribution is 8.19. The lowest BCUT2D eigenvalue weighted by molar-refractivity contribution is 0.590. The van der Waals surface area contributed by atoms with E-state index in [0.717, 1.165) is 19.4 Å². The monoisotopic (exact) mass is 191 g/mol. The molecule has 0 spiro atoms. The van der Waals surface area contributed by atoms with Crippen molar-refractivity contribution >= 4 is 21.8 Å². The van der Waals surface area contributed by atoms with Gasteiger partial charge in [0.2, 0.25) is 0 Å². The van der Waals surface area contributed by atoms with Gasteiger partial charge in [-0.1, -0.05) is 12.2 Å². The van der Waals surface area contributed by atoms with Crippen LogP contribution in [-0.2, 0) is 0 Å². The third-order valence-electron chi connectivity index (χ3n) is 1.27. The van der Waals surface area contributed by atoms with E-state index in [9.17, 15) is 0 Å². The SMILES string of the molecule is C=CN(CCCC(=C)C)SCl. The van der Waals surface area contributed by atoms with Crippen LogP contribution in [0.4, 0.5) is 0 Å². The molecular formula is C8H14ClNS. The largest absolute Gasteiger partial charge is 0.311 e. The van der Waals surface area contributed by atoms with Gasteiger partial charge in [-0.05, 0) is 30.4 Å². The Hall–Kier alpha value is -0.0800. The minimum absolute atomic E-state index is 0.935. The summed E-state index contributed by atoms with van der Waals surface area (Å²) in [6, 6.07) is 0. The molecule has 0 N–H and O–H groups in total. The highest BCUT2D eigenvalue weighted by Gasteiger charge is 1.96. The molecule has 0 radical (unpaired) electrons. The van der Waals surface area contributed by atoms with Gasteiger partial charge in [-0.3, -0.25) is 0 Å². The second-order valence-electron chi connectivity index (χ2n) is 2.45. The van der Waals surface area contributed by atoms with Crippen molar-refractivity contribution in [3.05, 3.63) is 24.9 Å². The number of hydrogen-bond donors (Lipinski definition) is 0. The molecule has 0 aliphatic heterocycles. The number of rotatable bonds is 6. The fourth-order valence-corrected chi connectivity index (χ4v) is 1.32. The van der Waals surface area contributed by atoms with Crippen LogP contribution < -0.4 is 0 Å². The van der Waals surface area contributed by atoms with E-state index >= 15 is 0 Å². The highest BCUT2D eigenvalue weighted by Crippen LogP contribution is 2.15. The number of allylic oxidation sites excluding steroid dienone is 1. The Kier molecular flexibility index (Phi) is 6.57. The lowest BCUT2D eigenvalue weighted by atomic mass is 10.2. The summed E-state index contributed by atoms with van der Waals surface area (Å²) in [5.74, 6) is 0. The van der Waals surface area contributed by atoms with Crippen molar-refractivity contribution < 1.29 is 0 Å². The second-order valence-corrected chi connectivity index (χ2v) is 3.47. The van der Waals surface area contributed by atoms with Crippen LogP contribution in [0.1, 0.15) is 19.8 Å². The second kappa shape index (κ2) is 6.62. The average molecular weight is 192 g/mol. The van der Waals surface area contributed by atoms with Crippen molar-refractivity contribution in [1.29, 1.82) is 0 Å². The van der Waals surface area contributed by atoms with Crippen LogP contribution in [0.3, 0.4) is 0 Å². The Morgan fingerprint density at radius 2 is 2.36 bits per heavy atom. The lowest BCUT2D eigenvalue weighted by Gasteiger charge is -2.13. The maximum atomic E-state index is 5.53. The summed E-state index contributed by atoms with van der Waals surface area (Å²) in [6.07, 6.45) is 3.87. The Morgan fingerprint density at radius 3 is 2.73 bits per heavy atom. The van der Waals surface area contributed by atoms with Crippen molar-refractivity contribution in [3.63, 3.8) is 0 Å². The maximum absolute atomic E-state index is 5.53. The molecular weight excluding hydrogens is 178 g/mol. The Balaban J connectivity index is 3.35. The van der Waals surface area contributed by atoms with Crippen LogP contribution in [0, 0.1) is 0 Å². The molecule has 0 aliphatic carbocycles. The van der Waals surface area contributed by atoms with Gasteiger partial charge in [0, 0.05) is 12.7 Å². The van der Waals surface area contributed by atoms with E-state index in [0.29, 0.717) is 0 Å². The van der Waals surface area contributed by atoms with Crippen molar-refractivity contribution in [2.45, 2.75) is 19.8 Å². The van der Waals surface area contributed by atoms with E-state index in [2.05, 4.69) is 13.2 Å². The third-order valence-corrected chi connectivity index (χ3v) is 2.32. The molecule has 0 rings (SSSR count). The Bertz CT molecular complexity index is 136. The Morgan fingerprint density at radius 1 is 1.73 bits per heavy atom. The van der Waals surface area contributed by atoms with Crippen LogP contribution in [0.15, 0.2) is 24.9 Å². The van der Waals surface area contributed by atoms with Gasteiger partial charge in [0.15, 0.2) is 0 Å². The topological polar surface area (TPSA) is 3.24 Å².